The van der Waals surface area contributed by atoms with Crippen LogP contribution in [-0.4, -0.2) is 48.0 Å². The highest BCUT2D eigenvalue weighted by Gasteiger charge is 2.17. The number of ether oxygens (including phenoxy) is 1. The highest BCUT2D eigenvalue weighted by atomic mass is 19.1. The van der Waals surface area contributed by atoms with Gasteiger partial charge in [0.25, 0.3) is 11.9 Å². The molecular weight excluding hydrogens is 347 g/mol. The zero-order valence-electron chi connectivity index (χ0n) is 15.6. The number of nitrogens with one attached hydrogen (secondary N) is 2. The van der Waals surface area contributed by atoms with E-state index in [1.54, 1.807) is 24.3 Å². The maximum atomic E-state index is 13.5. The third-order valence-electron chi connectivity index (χ3n) is 4.32. The van der Waals surface area contributed by atoms with E-state index < -0.39 is 0 Å². The fourth-order valence-electron chi connectivity index (χ4n) is 2.94. The van der Waals surface area contributed by atoms with Crippen molar-refractivity contribution >= 4 is 16.9 Å². The van der Waals surface area contributed by atoms with Gasteiger partial charge < -0.3 is 19.9 Å². The Balaban J connectivity index is 1.72. The van der Waals surface area contributed by atoms with Gasteiger partial charge in [0, 0.05) is 12.1 Å². The van der Waals surface area contributed by atoms with Crippen molar-refractivity contribution in [1.29, 1.82) is 0 Å². The lowest BCUT2D eigenvalue weighted by atomic mass is 10.1. The van der Waals surface area contributed by atoms with Crippen LogP contribution in [0.1, 0.15) is 28.9 Å². The second kappa shape index (κ2) is 8.18. The summed E-state index contributed by atoms with van der Waals surface area (Å²) in [6, 6.07) is 12.0. The van der Waals surface area contributed by atoms with E-state index in [1.165, 1.54) is 12.1 Å². The van der Waals surface area contributed by atoms with E-state index >= 15 is 0 Å². The van der Waals surface area contributed by atoms with E-state index in [1.807, 2.05) is 32.0 Å². The first-order valence-corrected chi connectivity index (χ1v) is 8.80. The number of fused-ring (bicyclic) bond motifs is 1. The molecule has 3 aromatic rings. The number of rotatable bonds is 7. The van der Waals surface area contributed by atoms with Gasteiger partial charge in [0.1, 0.15) is 5.82 Å². The van der Waals surface area contributed by atoms with E-state index in [4.69, 9.17) is 4.74 Å². The number of aromatic nitrogens is 2. The molecular formula is C20H23FN4O2. The number of imidazole rings is 1. The third-order valence-corrected chi connectivity index (χ3v) is 4.32. The minimum absolute atomic E-state index is 0.134. The molecule has 0 bridgehead atoms. The van der Waals surface area contributed by atoms with Gasteiger partial charge >= 0.3 is 0 Å². The van der Waals surface area contributed by atoms with Crippen molar-refractivity contribution < 1.29 is 13.9 Å². The molecule has 0 radical (unpaired) electrons. The Labute approximate surface area is 157 Å². The zero-order chi connectivity index (χ0) is 19.4. The lowest BCUT2D eigenvalue weighted by molar-refractivity contribution is 0.0942. The molecule has 0 saturated carbocycles. The quantitative estimate of drug-likeness (QED) is 0.670. The van der Waals surface area contributed by atoms with Crippen molar-refractivity contribution in [3.05, 3.63) is 59.4 Å². The van der Waals surface area contributed by atoms with Crippen LogP contribution in [-0.2, 0) is 0 Å². The number of carbonyl (C=O) groups excluding carboxylic acids is 1. The molecule has 0 spiro atoms. The fraction of sp³-hybridized carbons (Fsp3) is 0.300. The summed E-state index contributed by atoms with van der Waals surface area (Å²) in [7, 11) is 3.79. The predicted molar refractivity (Wildman–Crippen MR) is 102 cm³/mol. The molecule has 3 rings (SSSR count). The van der Waals surface area contributed by atoms with Gasteiger partial charge in [0.15, 0.2) is 0 Å². The van der Waals surface area contributed by atoms with Crippen LogP contribution in [0.15, 0.2) is 42.5 Å². The first-order valence-electron chi connectivity index (χ1n) is 8.80. The molecule has 1 unspecified atom stereocenters. The Morgan fingerprint density at radius 2 is 2.11 bits per heavy atom. The highest BCUT2D eigenvalue weighted by Crippen LogP contribution is 2.20. The standard InChI is InChI=1S/C20H23FN4O2/c1-4-27-20-23-16-9-8-14(11-17(16)24-20)19(26)22-12-18(25(2)3)13-6-5-7-15(21)10-13/h5-11,18H,4,12H2,1-3H3,(H,22,26)(H,23,24). The zero-order valence-corrected chi connectivity index (χ0v) is 15.6. The lowest BCUT2D eigenvalue weighted by Crippen LogP contribution is -2.34. The summed E-state index contributed by atoms with van der Waals surface area (Å²) in [5.74, 6) is -0.492. The molecule has 7 heteroatoms. The van der Waals surface area contributed by atoms with E-state index in [0.717, 1.165) is 16.6 Å². The molecule has 142 valence electrons. The van der Waals surface area contributed by atoms with Gasteiger partial charge in [-0.25, -0.2) is 4.39 Å². The number of halogens is 1. The summed E-state index contributed by atoms with van der Waals surface area (Å²) in [6.07, 6.45) is 0. The minimum Gasteiger partial charge on any atom is -0.465 e. The van der Waals surface area contributed by atoms with Gasteiger partial charge in [0.05, 0.1) is 23.7 Å². The lowest BCUT2D eigenvalue weighted by Gasteiger charge is -2.25. The van der Waals surface area contributed by atoms with Gasteiger partial charge in [-0.2, -0.15) is 4.98 Å². The molecule has 0 saturated heterocycles. The number of hydrogen-bond acceptors (Lipinski definition) is 4. The Morgan fingerprint density at radius 1 is 1.30 bits per heavy atom. The molecule has 1 aromatic heterocycles. The van der Waals surface area contributed by atoms with Gasteiger partial charge in [0.2, 0.25) is 0 Å². The summed E-state index contributed by atoms with van der Waals surface area (Å²) < 4.78 is 18.9. The largest absolute Gasteiger partial charge is 0.465 e. The average molecular weight is 370 g/mol. The molecule has 1 heterocycles. The monoisotopic (exact) mass is 370 g/mol. The van der Waals surface area contributed by atoms with Crippen molar-refractivity contribution in [3.63, 3.8) is 0 Å². The Kier molecular flexibility index (Phi) is 5.71. The molecule has 2 aromatic carbocycles. The van der Waals surface area contributed by atoms with E-state index in [2.05, 4.69) is 15.3 Å². The summed E-state index contributed by atoms with van der Waals surface area (Å²) in [4.78, 5) is 21.9. The maximum absolute atomic E-state index is 13.5. The summed E-state index contributed by atoms with van der Waals surface area (Å²) in [5, 5.41) is 2.93. The second-order valence-corrected chi connectivity index (χ2v) is 6.45. The first-order chi connectivity index (χ1) is 13.0. The molecule has 1 atom stereocenters. The predicted octanol–water partition coefficient (Wildman–Crippen LogP) is 3.13. The van der Waals surface area contributed by atoms with Gasteiger partial charge in [-0.05, 0) is 56.9 Å². The average Bonchev–Trinajstić information content (AvgIpc) is 3.03. The van der Waals surface area contributed by atoms with E-state index in [9.17, 15) is 9.18 Å². The smallest absolute Gasteiger partial charge is 0.294 e. The van der Waals surface area contributed by atoms with Crippen LogP contribution in [0.5, 0.6) is 6.01 Å². The van der Waals surface area contributed by atoms with E-state index in [0.29, 0.717) is 24.7 Å². The number of amides is 1. The second-order valence-electron chi connectivity index (χ2n) is 6.45. The van der Waals surface area contributed by atoms with Crippen LogP contribution in [0.2, 0.25) is 0 Å². The molecule has 2 N–H and O–H groups in total. The third kappa shape index (κ3) is 4.43. The summed E-state index contributed by atoms with van der Waals surface area (Å²) in [6.45, 7) is 2.76. The molecule has 0 aliphatic carbocycles. The highest BCUT2D eigenvalue weighted by molar-refractivity contribution is 5.97. The van der Waals surface area contributed by atoms with Crippen molar-refractivity contribution in [2.45, 2.75) is 13.0 Å². The maximum Gasteiger partial charge on any atom is 0.294 e. The number of nitrogens with zero attached hydrogens (tertiary/aromatic N) is 2. The van der Waals surface area contributed by atoms with Crippen LogP contribution < -0.4 is 10.1 Å². The van der Waals surface area contributed by atoms with Crippen molar-refractivity contribution in [2.24, 2.45) is 0 Å². The van der Waals surface area contributed by atoms with Crippen LogP contribution in [0.25, 0.3) is 11.0 Å². The van der Waals surface area contributed by atoms with Crippen molar-refractivity contribution in [2.75, 3.05) is 27.2 Å². The van der Waals surface area contributed by atoms with E-state index in [-0.39, 0.29) is 17.8 Å². The molecule has 1 amide bonds. The van der Waals surface area contributed by atoms with Crippen molar-refractivity contribution in [1.82, 2.24) is 20.2 Å². The Hall–Kier alpha value is -2.93. The van der Waals surface area contributed by atoms with Crippen LogP contribution in [0.3, 0.4) is 0 Å². The number of carbonyl (C=O) groups is 1. The van der Waals surface area contributed by atoms with Crippen molar-refractivity contribution in [3.8, 4) is 6.01 Å². The Morgan fingerprint density at radius 3 is 2.81 bits per heavy atom. The summed E-state index contributed by atoms with van der Waals surface area (Å²) in [5.41, 5.74) is 2.80. The van der Waals surface area contributed by atoms with Gasteiger partial charge in [-0.3, -0.25) is 4.79 Å². The van der Waals surface area contributed by atoms with Crippen LogP contribution >= 0.6 is 0 Å². The fourth-order valence-corrected chi connectivity index (χ4v) is 2.94. The molecule has 6 nitrogen and oxygen atoms in total. The molecule has 0 aliphatic heterocycles. The number of benzene rings is 2. The minimum atomic E-state index is -0.291. The Bertz CT molecular complexity index is 939. The number of H-pyrrole nitrogens is 1. The van der Waals surface area contributed by atoms with Crippen LogP contribution in [0.4, 0.5) is 4.39 Å². The number of aromatic amines is 1. The normalized spacial score (nSPS) is 12.3. The van der Waals surface area contributed by atoms with Gasteiger partial charge in [-0.15, -0.1) is 0 Å². The van der Waals surface area contributed by atoms with Crippen LogP contribution in [0, 0.1) is 5.82 Å². The summed E-state index contributed by atoms with van der Waals surface area (Å²) >= 11 is 0. The topological polar surface area (TPSA) is 70.2 Å². The molecule has 0 aliphatic rings. The molecule has 0 fully saturated rings. The SMILES string of the molecule is CCOc1nc2ccc(C(=O)NCC(c3cccc(F)c3)N(C)C)cc2[nH]1. The number of hydrogen-bond donors (Lipinski definition) is 2. The number of likely N-dealkylation sites (N-methyl/N-ethyl adjacent to an activating group) is 1. The van der Waals surface area contributed by atoms with Gasteiger partial charge in [-0.1, -0.05) is 12.1 Å². The molecule has 27 heavy (non-hydrogen) atoms. The first kappa shape index (κ1) is 18.8.